The summed E-state index contributed by atoms with van der Waals surface area (Å²) in [5.74, 6) is -1.34. The number of nitrogens with one attached hydrogen (secondary N) is 1. The molecule has 0 aliphatic carbocycles. The fourth-order valence-corrected chi connectivity index (χ4v) is 3.24. The summed E-state index contributed by atoms with van der Waals surface area (Å²) in [5.41, 5.74) is 5.45. The van der Waals surface area contributed by atoms with Crippen molar-refractivity contribution in [3.8, 4) is 0 Å². The maximum absolute atomic E-state index is 13.3. The molecule has 1 aromatic rings. The summed E-state index contributed by atoms with van der Waals surface area (Å²) < 4.78 is 38.0. The molecule has 0 aliphatic rings. The molecule has 0 saturated carbocycles. The normalized spacial score (nSPS) is 13.2. The second-order valence-corrected chi connectivity index (χ2v) is 7.20. The maximum atomic E-state index is 13.3. The van der Waals surface area contributed by atoms with Gasteiger partial charge in [0.05, 0.1) is 4.90 Å². The van der Waals surface area contributed by atoms with Crippen LogP contribution in [0.15, 0.2) is 23.1 Å². The lowest BCUT2D eigenvalue weighted by Crippen LogP contribution is -2.43. The third kappa shape index (κ3) is 4.17. The molecule has 1 unspecified atom stereocenters. The fraction of sp³-hybridized carbons (Fsp3) is 0.500. The smallest absolute Gasteiger partial charge is 0.238 e. The number of anilines is 1. The van der Waals surface area contributed by atoms with Crippen molar-refractivity contribution in [2.45, 2.75) is 49.8 Å². The molecule has 1 rings (SSSR count). The summed E-state index contributed by atoms with van der Waals surface area (Å²) in [6.45, 7) is 5.09. The minimum Gasteiger partial charge on any atom is -0.399 e. The third-order valence-electron chi connectivity index (χ3n) is 3.39. The Kier molecular flexibility index (Phi) is 5.71. The number of carbonyl (C=O) groups is 1. The number of halogens is 1. The maximum Gasteiger partial charge on any atom is 0.238 e. The van der Waals surface area contributed by atoms with Gasteiger partial charge in [0.2, 0.25) is 5.91 Å². The molecule has 1 amide bonds. The average molecular weight is 316 g/mol. The van der Waals surface area contributed by atoms with Gasteiger partial charge in [0.25, 0.3) is 0 Å². The third-order valence-corrected chi connectivity index (χ3v) is 5.43. The lowest BCUT2D eigenvalue weighted by atomic mass is 10.2. The van der Waals surface area contributed by atoms with Crippen molar-refractivity contribution in [1.29, 1.82) is 0 Å². The van der Waals surface area contributed by atoms with Crippen molar-refractivity contribution in [2.24, 2.45) is 0 Å². The molecular weight excluding hydrogens is 295 g/mol. The van der Waals surface area contributed by atoms with Crippen LogP contribution in [-0.2, 0) is 14.6 Å². The molecule has 7 heteroatoms. The first-order valence-electron chi connectivity index (χ1n) is 6.82. The van der Waals surface area contributed by atoms with Crippen LogP contribution in [-0.4, -0.2) is 25.6 Å². The van der Waals surface area contributed by atoms with Crippen LogP contribution in [0, 0.1) is 5.82 Å². The van der Waals surface area contributed by atoms with Gasteiger partial charge in [0.1, 0.15) is 11.1 Å². The minimum absolute atomic E-state index is 0.00109. The number of carbonyl (C=O) groups excluding carboxylic acids is 1. The van der Waals surface area contributed by atoms with Gasteiger partial charge in [-0.3, -0.25) is 4.79 Å². The van der Waals surface area contributed by atoms with Crippen LogP contribution in [0.3, 0.4) is 0 Å². The predicted molar refractivity (Wildman–Crippen MR) is 80.0 cm³/mol. The first kappa shape index (κ1) is 17.4. The molecule has 0 radical (unpaired) electrons. The number of nitrogens with two attached hydrogens (primary N) is 1. The van der Waals surface area contributed by atoms with E-state index in [-0.39, 0.29) is 16.6 Å². The zero-order valence-electron chi connectivity index (χ0n) is 12.4. The van der Waals surface area contributed by atoms with Crippen molar-refractivity contribution in [1.82, 2.24) is 5.32 Å². The Bertz CT molecular complexity index is 592. The van der Waals surface area contributed by atoms with Crippen LogP contribution >= 0.6 is 0 Å². The van der Waals surface area contributed by atoms with E-state index in [1.54, 1.807) is 0 Å². The predicted octanol–water partition coefficient (Wildman–Crippen LogP) is 1.87. The van der Waals surface area contributed by atoms with Gasteiger partial charge < -0.3 is 11.1 Å². The van der Waals surface area contributed by atoms with Crippen LogP contribution in [0.5, 0.6) is 0 Å². The molecule has 0 bridgehead atoms. The Balaban J connectivity index is 3.03. The molecule has 1 aromatic carbocycles. The molecule has 0 fully saturated rings. The second kappa shape index (κ2) is 6.89. The van der Waals surface area contributed by atoms with Crippen molar-refractivity contribution < 1.29 is 17.6 Å². The van der Waals surface area contributed by atoms with Crippen molar-refractivity contribution in [2.75, 3.05) is 5.73 Å². The first-order chi connectivity index (χ1) is 9.72. The van der Waals surface area contributed by atoms with Crippen LogP contribution in [0.4, 0.5) is 10.1 Å². The van der Waals surface area contributed by atoms with Crippen LogP contribution in [0.25, 0.3) is 0 Å². The van der Waals surface area contributed by atoms with Gasteiger partial charge in [-0.05, 0) is 38.0 Å². The average Bonchev–Trinajstić information content (AvgIpc) is 2.42. The van der Waals surface area contributed by atoms with E-state index in [2.05, 4.69) is 5.32 Å². The number of sulfone groups is 1. The summed E-state index contributed by atoms with van der Waals surface area (Å²) in [4.78, 5) is 11.8. The molecule has 0 heterocycles. The molecule has 118 valence electrons. The SMILES string of the molecule is CCC(CC)NC(=O)C(C)S(=O)(=O)c1cc(N)cc(F)c1. The van der Waals surface area contributed by atoms with E-state index in [9.17, 15) is 17.6 Å². The van der Waals surface area contributed by atoms with Crippen molar-refractivity contribution in [3.05, 3.63) is 24.0 Å². The molecule has 0 aliphatic heterocycles. The van der Waals surface area contributed by atoms with E-state index in [1.165, 1.54) is 6.92 Å². The van der Waals surface area contributed by atoms with E-state index >= 15 is 0 Å². The topological polar surface area (TPSA) is 89.3 Å². The van der Waals surface area contributed by atoms with Crippen molar-refractivity contribution >= 4 is 21.4 Å². The van der Waals surface area contributed by atoms with E-state index in [0.29, 0.717) is 12.8 Å². The van der Waals surface area contributed by atoms with Gasteiger partial charge in [0, 0.05) is 11.7 Å². The fourth-order valence-electron chi connectivity index (χ4n) is 1.91. The highest BCUT2D eigenvalue weighted by atomic mass is 32.2. The number of nitrogen functional groups attached to an aromatic ring is 1. The lowest BCUT2D eigenvalue weighted by Gasteiger charge is -2.19. The molecule has 0 aromatic heterocycles. The monoisotopic (exact) mass is 316 g/mol. The highest BCUT2D eigenvalue weighted by molar-refractivity contribution is 7.92. The highest BCUT2D eigenvalue weighted by Crippen LogP contribution is 2.20. The summed E-state index contributed by atoms with van der Waals surface area (Å²) in [5, 5.41) is 1.37. The van der Waals surface area contributed by atoms with Crippen LogP contribution in [0.1, 0.15) is 33.6 Å². The van der Waals surface area contributed by atoms with Crippen LogP contribution in [0.2, 0.25) is 0 Å². The van der Waals surface area contributed by atoms with Crippen LogP contribution < -0.4 is 11.1 Å². The standard InChI is InChI=1S/C14H21FN2O3S/c1-4-12(5-2)17-14(18)9(3)21(19,20)13-7-10(15)6-11(16)8-13/h6-9,12H,4-5,16H2,1-3H3,(H,17,18). The molecule has 0 saturated heterocycles. The Hall–Kier alpha value is -1.63. The van der Waals surface area contributed by atoms with E-state index in [1.807, 2.05) is 13.8 Å². The van der Waals surface area contributed by atoms with Gasteiger partial charge in [-0.2, -0.15) is 0 Å². The quantitative estimate of drug-likeness (QED) is 0.784. The minimum atomic E-state index is -3.98. The van der Waals surface area contributed by atoms with E-state index in [0.717, 1.165) is 18.2 Å². The summed E-state index contributed by atoms with van der Waals surface area (Å²) in [7, 11) is -3.98. The van der Waals surface area contributed by atoms with Gasteiger partial charge in [-0.1, -0.05) is 13.8 Å². The molecule has 5 nitrogen and oxygen atoms in total. The largest absolute Gasteiger partial charge is 0.399 e. The Morgan fingerprint density at radius 1 is 1.29 bits per heavy atom. The molecule has 21 heavy (non-hydrogen) atoms. The van der Waals surface area contributed by atoms with Gasteiger partial charge in [0.15, 0.2) is 9.84 Å². The number of hydrogen-bond donors (Lipinski definition) is 2. The number of amides is 1. The Morgan fingerprint density at radius 3 is 2.33 bits per heavy atom. The summed E-state index contributed by atoms with van der Waals surface area (Å²) in [6, 6.07) is 2.97. The number of hydrogen-bond acceptors (Lipinski definition) is 4. The summed E-state index contributed by atoms with van der Waals surface area (Å²) >= 11 is 0. The Labute approximate surface area is 124 Å². The molecule has 0 spiro atoms. The lowest BCUT2D eigenvalue weighted by molar-refractivity contribution is -0.121. The zero-order chi connectivity index (χ0) is 16.2. The van der Waals surface area contributed by atoms with Gasteiger partial charge >= 0.3 is 0 Å². The highest BCUT2D eigenvalue weighted by Gasteiger charge is 2.31. The second-order valence-electron chi connectivity index (χ2n) is 4.93. The molecule has 1 atom stereocenters. The van der Waals surface area contributed by atoms with E-state index in [4.69, 9.17) is 5.73 Å². The number of rotatable bonds is 6. The summed E-state index contributed by atoms with van der Waals surface area (Å²) in [6.07, 6.45) is 1.42. The van der Waals surface area contributed by atoms with Gasteiger partial charge in [-0.15, -0.1) is 0 Å². The van der Waals surface area contributed by atoms with Gasteiger partial charge in [-0.25, -0.2) is 12.8 Å². The zero-order valence-corrected chi connectivity index (χ0v) is 13.2. The Morgan fingerprint density at radius 2 is 1.86 bits per heavy atom. The number of benzene rings is 1. The van der Waals surface area contributed by atoms with E-state index < -0.39 is 26.8 Å². The molecular formula is C14H21FN2O3S. The first-order valence-corrected chi connectivity index (χ1v) is 8.37. The van der Waals surface area contributed by atoms with Crippen molar-refractivity contribution in [3.63, 3.8) is 0 Å². The molecule has 3 N–H and O–H groups in total.